The molecule has 0 radical (unpaired) electrons. The first kappa shape index (κ1) is 14.3. The van der Waals surface area contributed by atoms with E-state index < -0.39 is 5.41 Å². The summed E-state index contributed by atoms with van der Waals surface area (Å²) in [5.41, 5.74) is 1.62. The van der Waals surface area contributed by atoms with E-state index in [4.69, 9.17) is 0 Å². The molecule has 1 aromatic heterocycles. The summed E-state index contributed by atoms with van der Waals surface area (Å²) in [4.78, 5) is 15.8. The third kappa shape index (κ3) is 2.48. The zero-order valence-electron chi connectivity index (χ0n) is 12.5. The van der Waals surface area contributed by atoms with Crippen molar-refractivity contribution in [2.45, 2.75) is 19.3 Å². The van der Waals surface area contributed by atoms with Crippen LogP contribution in [0.1, 0.15) is 19.4 Å². The van der Waals surface area contributed by atoms with Gasteiger partial charge in [0.2, 0.25) is 5.91 Å². The maximum atomic E-state index is 13.2. The van der Waals surface area contributed by atoms with Crippen LogP contribution in [0.2, 0.25) is 0 Å². The lowest BCUT2D eigenvalue weighted by molar-refractivity contribution is -0.120. The first-order valence-corrected chi connectivity index (χ1v) is 7.12. The Kier molecular flexibility index (Phi) is 3.45. The van der Waals surface area contributed by atoms with Gasteiger partial charge in [-0.1, -0.05) is 24.3 Å². The average molecular weight is 296 g/mol. The monoisotopic (exact) mass is 296 g/mol. The highest BCUT2D eigenvalue weighted by Crippen LogP contribution is 2.31. The molecular formula is C18H17FN2O. The summed E-state index contributed by atoms with van der Waals surface area (Å²) in [7, 11) is 0. The number of aromatic nitrogens is 1. The van der Waals surface area contributed by atoms with Gasteiger partial charge in [-0.25, -0.2) is 4.39 Å². The SMILES string of the molecule is CC(C)(C(=O)Nc1cccc(F)c1)c1c[nH]c2ccccc12. The number of H-pyrrole nitrogens is 1. The number of anilines is 1. The first-order valence-electron chi connectivity index (χ1n) is 7.12. The van der Waals surface area contributed by atoms with Gasteiger partial charge in [-0.2, -0.15) is 0 Å². The Bertz CT molecular complexity index is 836. The highest BCUT2D eigenvalue weighted by atomic mass is 19.1. The Balaban J connectivity index is 1.93. The number of hydrogen-bond donors (Lipinski definition) is 2. The van der Waals surface area contributed by atoms with E-state index in [1.807, 2.05) is 44.3 Å². The smallest absolute Gasteiger partial charge is 0.234 e. The summed E-state index contributed by atoms with van der Waals surface area (Å²) < 4.78 is 13.2. The van der Waals surface area contributed by atoms with Gasteiger partial charge in [0.1, 0.15) is 5.82 Å². The zero-order chi connectivity index (χ0) is 15.7. The fraction of sp³-hybridized carbons (Fsp3) is 0.167. The Morgan fingerprint density at radius 2 is 1.91 bits per heavy atom. The number of aromatic amines is 1. The van der Waals surface area contributed by atoms with Crippen molar-refractivity contribution < 1.29 is 9.18 Å². The van der Waals surface area contributed by atoms with Crippen molar-refractivity contribution in [2.75, 3.05) is 5.32 Å². The van der Waals surface area contributed by atoms with Crippen molar-refractivity contribution in [2.24, 2.45) is 0 Å². The van der Waals surface area contributed by atoms with Crippen LogP contribution in [0.3, 0.4) is 0 Å². The van der Waals surface area contributed by atoms with Crippen LogP contribution in [0.5, 0.6) is 0 Å². The maximum absolute atomic E-state index is 13.2. The molecule has 3 rings (SSSR count). The van der Waals surface area contributed by atoms with Crippen molar-refractivity contribution in [3.8, 4) is 0 Å². The van der Waals surface area contributed by atoms with Crippen molar-refractivity contribution >= 4 is 22.5 Å². The molecule has 0 aliphatic heterocycles. The zero-order valence-corrected chi connectivity index (χ0v) is 12.5. The molecule has 0 aliphatic rings. The second kappa shape index (κ2) is 5.30. The third-order valence-corrected chi connectivity index (χ3v) is 3.91. The molecule has 0 spiro atoms. The van der Waals surface area contributed by atoms with Gasteiger partial charge in [-0.3, -0.25) is 4.79 Å². The van der Waals surface area contributed by atoms with Gasteiger partial charge < -0.3 is 10.3 Å². The Morgan fingerprint density at radius 3 is 2.68 bits per heavy atom. The molecule has 0 saturated carbocycles. The van der Waals surface area contributed by atoms with Crippen LogP contribution in [-0.2, 0) is 10.2 Å². The molecule has 0 bridgehead atoms. The summed E-state index contributed by atoms with van der Waals surface area (Å²) in [6, 6.07) is 13.8. The van der Waals surface area contributed by atoms with Crippen LogP contribution in [0.15, 0.2) is 54.7 Å². The fourth-order valence-electron chi connectivity index (χ4n) is 2.56. The molecule has 112 valence electrons. The quantitative estimate of drug-likeness (QED) is 0.746. The van der Waals surface area contributed by atoms with E-state index in [0.29, 0.717) is 5.69 Å². The number of carbonyl (C=O) groups excluding carboxylic acids is 1. The van der Waals surface area contributed by atoms with Gasteiger partial charge in [-0.05, 0) is 43.7 Å². The maximum Gasteiger partial charge on any atom is 0.234 e. The topological polar surface area (TPSA) is 44.9 Å². The number of rotatable bonds is 3. The number of para-hydroxylation sites is 1. The lowest BCUT2D eigenvalue weighted by Crippen LogP contribution is -2.34. The van der Waals surface area contributed by atoms with E-state index in [0.717, 1.165) is 16.5 Å². The number of fused-ring (bicyclic) bond motifs is 1. The molecule has 1 heterocycles. The van der Waals surface area contributed by atoms with E-state index in [2.05, 4.69) is 10.3 Å². The minimum atomic E-state index is -0.744. The lowest BCUT2D eigenvalue weighted by Gasteiger charge is -2.23. The molecule has 2 aromatic carbocycles. The van der Waals surface area contributed by atoms with E-state index >= 15 is 0 Å². The van der Waals surface area contributed by atoms with Gasteiger partial charge in [0, 0.05) is 22.8 Å². The molecule has 3 nitrogen and oxygen atoms in total. The fourth-order valence-corrected chi connectivity index (χ4v) is 2.56. The van der Waals surface area contributed by atoms with E-state index in [9.17, 15) is 9.18 Å². The predicted molar refractivity (Wildman–Crippen MR) is 86.4 cm³/mol. The van der Waals surface area contributed by atoms with Gasteiger partial charge in [0.25, 0.3) is 0 Å². The van der Waals surface area contributed by atoms with Crippen molar-refractivity contribution in [1.82, 2.24) is 4.98 Å². The summed E-state index contributed by atoms with van der Waals surface area (Å²) in [6.07, 6.45) is 1.86. The minimum absolute atomic E-state index is 0.178. The van der Waals surface area contributed by atoms with E-state index in [-0.39, 0.29) is 11.7 Å². The molecule has 4 heteroatoms. The molecule has 0 aliphatic carbocycles. The van der Waals surface area contributed by atoms with Crippen molar-refractivity contribution in [1.29, 1.82) is 0 Å². The number of benzene rings is 2. The molecule has 0 unspecified atom stereocenters. The van der Waals surface area contributed by atoms with Gasteiger partial charge in [-0.15, -0.1) is 0 Å². The first-order chi connectivity index (χ1) is 10.5. The number of halogens is 1. The third-order valence-electron chi connectivity index (χ3n) is 3.91. The summed E-state index contributed by atoms with van der Waals surface area (Å²) in [5.74, 6) is -0.550. The highest BCUT2D eigenvalue weighted by molar-refractivity contribution is 6.01. The van der Waals surface area contributed by atoms with Crippen LogP contribution in [0, 0.1) is 5.82 Å². The Labute approximate surface area is 128 Å². The Hall–Kier alpha value is -2.62. The van der Waals surface area contributed by atoms with Gasteiger partial charge in [0.05, 0.1) is 5.41 Å². The second-order valence-corrected chi connectivity index (χ2v) is 5.84. The van der Waals surface area contributed by atoms with Crippen molar-refractivity contribution in [3.05, 3.63) is 66.1 Å². The van der Waals surface area contributed by atoms with Crippen LogP contribution in [0.4, 0.5) is 10.1 Å². The van der Waals surface area contributed by atoms with E-state index in [1.54, 1.807) is 12.1 Å². The summed E-state index contributed by atoms with van der Waals surface area (Å²) >= 11 is 0. The normalized spacial score (nSPS) is 11.6. The number of carbonyl (C=O) groups is 1. The summed E-state index contributed by atoms with van der Waals surface area (Å²) in [6.45, 7) is 3.72. The lowest BCUT2D eigenvalue weighted by atomic mass is 9.83. The highest BCUT2D eigenvalue weighted by Gasteiger charge is 2.32. The summed E-state index contributed by atoms with van der Waals surface area (Å²) in [5, 5.41) is 3.80. The van der Waals surface area contributed by atoms with Crippen LogP contribution in [-0.4, -0.2) is 10.9 Å². The molecule has 2 N–H and O–H groups in total. The van der Waals surface area contributed by atoms with Crippen LogP contribution < -0.4 is 5.32 Å². The Morgan fingerprint density at radius 1 is 1.14 bits per heavy atom. The van der Waals surface area contributed by atoms with Crippen LogP contribution >= 0.6 is 0 Å². The van der Waals surface area contributed by atoms with Gasteiger partial charge in [0.15, 0.2) is 0 Å². The van der Waals surface area contributed by atoms with E-state index in [1.165, 1.54) is 12.1 Å². The average Bonchev–Trinajstić information content (AvgIpc) is 2.91. The molecule has 0 atom stereocenters. The molecule has 3 aromatic rings. The molecular weight excluding hydrogens is 279 g/mol. The molecule has 0 fully saturated rings. The van der Waals surface area contributed by atoms with Gasteiger partial charge >= 0.3 is 0 Å². The molecule has 22 heavy (non-hydrogen) atoms. The number of hydrogen-bond acceptors (Lipinski definition) is 1. The largest absolute Gasteiger partial charge is 0.361 e. The van der Waals surface area contributed by atoms with Crippen molar-refractivity contribution in [3.63, 3.8) is 0 Å². The molecule has 1 amide bonds. The predicted octanol–water partition coefficient (Wildman–Crippen LogP) is 4.22. The van der Waals surface area contributed by atoms with Crippen LogP contribution in [0.25, 0.3) is 10.9 Å². The minimum Gasteiger partial charge on any atom is -0.361 e. The second-order valence-electron chi connectivity index (χ2n) is 5.84. The number of nitrogens with one attached hydrogen (secondary N) is 2. The molecule has 0 saturated heterocycles. The standard InChI is InChI=1S/C18H17FN2O/c1-18(2,15-11-20-16-9-4-3-8-14(15)16)17(22)21-13-7-5-6-12(19)10-13/h3-11,20H,1-2H3,(H,21,22). The number of amides is 1.